The zero-order valence-corrected chi connectivity index (χ0v) is 11.9. The van der Waals surface area contributed by atoms with Gasteiger partial charge in [0.25, 0.3) is 5.91 Å². The second-order valence-electron chi connectivity index (χ2n) is 4.47. The van der Waals surface area contributed by atoms with Crippen LogP contribution in [0.15, 0.2) is 42.5 Å². The summed E-state index contributed by atoms with van der Waals surface area (Å²) in [5, 5.41) is 12.3. The van der Waals surface area contributed by atoms with E-state index in [-0.39, 0.29) is 18.3 Å². The molecule has 5 heteroatoms. The molecule has 0 unspecified atom stereocenters. The standard InChI is InChI=1S/C16H17NO4/c1-11-14(18)4-3-5-15(11)21-10-16(19)17-12-6-8-13(20-2)9-7-12/h3-9,18H,10H2,1-2H3,(H,17,19). The number of hydrogen-bond acceptors (Lipinski definition) is 4. The molecule has 0 atom stereocenters. The van der Waals surface area contributed by atoms with E-state index in [1.54, 1.807) is 56.5 Å². The van der Waals surface area contributed by atoms with E-state index in [0.29, 0.717) is 17.0 Å². The molecule has 1 amide bonds. The van der Waals surface area contributed by atoms with E-state index < -0.39 is 0 Å². The van der Waals surface area contributed by atoms with Crippen molar-refractivity contribution >= 4 is 11.6 Å². The van der Waals surface area contributed by atoms with Crippen molar-refractivity contribution < 1.29 is 19.4 Å². The van der Waals surface area contributed by atoms with Gasteiger partial charge in [0, 0.05) is 11.3 Å². The molecule has 5 nitrogen and oxygen atoms in total. The summed E-state index contributed by atoms with van der Waals surface area (Å²) < 4.78 is 10.4. The Kier molecular flexibility index (Phi) is 4.66. The second kappa shape index (κ2) is 6.65. The van der Waals surface area contributed by atoms with Crippen LogP contribution in [0.2, 0.25) is 0 Å². The fourth-order valence-electron chi connectivity index (χ4n) is 1.77. The van der Waals surface area contributed by atoms with Crippen LogP contribution in [0.5, 0.6) is 17.2 Å². The summed E-state index contributed by atoms with van der Waals surface area (Å²) in [7, 11) is 1.58. The minimum atomic E-state index is -0.275. The maximum absolute atomic E-state index is 11.8. The highest BCUT2D eigenvalue weighted by molar-refractivity contribution is 5.91. The summed E-state index contributed by atoms with van der Waals surface area (Å²) in [6.07, 6.45) is 0. The van der Waals surface area contributed by atoms with Crippen LogP contribution in [0.4, 0.5) is 5.69 Å². The average molecular weight is 287 g/mol. The summed E-state index contributed by atoms with van der Waals surface area (Å²) in [6, 6.07) is 12.0. The third kappa shape index (κ3) is 3.89. The predicted octanol–water partition coefficient (Wildman–Crippen LogP) is 2.73. The fraction of sp³-hybridized carbons (Fsp3) is 0.188. The van der Waals surface area contributed by atoms with Crippen LogP contribution in [0.3, 0.4) is 0 Å². The minimum absolute atomic E-state index is 0.129. The highest BCUT2D eigenvalue weighted by Gasteiger charge is 2.07. The van der Waals surface area contributed by atoms with E-state index in [2.05, 4.69) is 5.32 Å². The van der Waals surface area contributed by atoms with Gasteiger partial charge in [-0.2, -0.15) is 0 Å². The molecule has 0 aromatic heterocycles. The number of hydrogen-bond donors (Lipinski definition) is 2. The van der Waals surface area contributed by atoms with Gasteiger partial charge in [-0.15, -0.1) is 0 Å². The number of carbonyl (C=O) groups excluding carboxylic acids is 1. The van der Waals surface area contributed by atoms with Gasteiger partial charge < -0.3 is 19.9 Å². The molecular weight excluding hydrogens is 270 g/mol. The number of phenolic OH excluding ortho intramolecular Hbond substituents is 1. The lowest BCUT2D eigenvalue weighted by Gasteiger charge is -2.10. The van der Waals surface area contributed by atoms with E-state index >= 15 is 0 Å². The Morgan fingerprint density at radius 2 is 1.90 bits per heavy atom. The van der Waals surface area contributed by atoms with Crippen molar-refractivity contribution in [3.05, 3.63) is 48.0 Å². The molecule has 2 aromatic carbocycles. The third-order valence-corrected chi connectivity index (χ3v) is 2.99. The van der Waals surface area contributed by atoms with Crippen LogP contribution >= 0.6 is 0 Å². The lowest BCUT2D eigenvalue weighted by atomic mass is 10.2. The zero-order chi connectivity index (χ0) is 15.2. The number of rotatable bonds is 5. The van der Waals surface area contributed by atoms with Crippen molar-refractivity contribution in [3.8, 4) is 17.2 Å². The fourth-order valence-corrected chi connectivity index (χ4v) is 1.77. The highest BCUT2D eigenvalue weighted by Crippen LogP contribution is 2.25. The quantitative estimate of drug-likeness (QED) is 0.887. The Labute approximate surface area is 123 Å². The van der Waals surface area contributed by atoms with Crippen molar-refractivity contribution in [1.82, 2.24) is 0 Å². The summed E-state index contributed by atoms with van der Waals surface area (Å²) in [4.78, 5) is 11.8. The molecule has 0 saturated carbocycles. The van der Waals surface area contributed by atoms with Gasteiger partial charge in [0.1, 0.15) is 17.2 Å². The number of amides is 1. The van der Waals surface area contributed by atoms with E-state index in [4.69, 9.17) is 9.47 Å². The molecule has 0 aliphatic carbocycles. The van der Waals surface area contributed by atoms with Crippen molar-refractivity contribution in [2.75, 3.05) is 19.0 Å². The average Bonchev–Trinajstić information content (AvgIpc) is 2.49. The Balaban J connectivity index is 1.91. The van der Waals surface area contributed by atoms with Gasteiger partial charge in [-0.25, -0.2) is 0 Å². The molecule has 2 N–H and O–H groups in total. The first-order chi connectivity index (χ1) is 10.1. The van der Waals surface area contributed by atoms with Gasteiger partial charge in [-0.3, -0.25) is 4.79 Å². The van der Waals surface area contributed by atoms with Crippen molar-refractivity contribution in [2.45, 2.75) is 6.92 Å². The molecule has 0 bridgehead atoms. The van der Waals surface area contributed by atoms with E-state index in [1.165, 1.54) is 0 Å². The molecule has 2 rings (SSSR count). The molecule has 0 fully saturated rings. The van der Waals surface area contributed by atoms with Crippen LogP contribution in [0.25, 0.3) is 0 Å². The number of carbonyl (C=O) groups is 1. The SMILES string of the molecule is COc1ccc(NC(=O)COc2cccc(O)c2C)cc1. The zero-order valence-electron chi connectivity index (χ0n) is 11.9. The maximum atomic E-state index is 11.8. The number of ether oxygens (including phenoxy) is 2. The normalized spacial score (nSPS) is 10.0. The second-order valence-corrected chi connectivity index (χ2v) is 4.47. The van der Waals surface area contributed by atoms with Gasteiger partial charge in [-0.1, -0.05) is 6.07 Å². The number of phenols is 1. The van der Waals surface area contributed by atoms with Gasteiger partial charge in [0.05, 0.1) is 7.11 Å². The molecule has 0 saturated heterocycles. The summed E-state index contributed by atoms with van der Waals surface area (Å²) >= 11 is 0. The van der Waals surface area contributed by atoms with Gasteiger partial charge in [0.15, 0.2) is 6.61 Å². The number of nitrogens with one attached hydrogen (secondary N) is 1. The Morgan fingerprint density at radius 3 is 2.57 bits per heavy atom. The van der Waals surface area contributed by atoms with E-state index in [1.807, 2.05) is 0 Å². The lowest BCUT2D eigenvalue weighted by Crippen LogP contribution is -2.20. The lowest BCUT2D eigenvalue weighted by molar-refractivity contribution is -0.118. The van der Waals surface area contributed by atoms with Crippen molar-refractivity contribution in [2.24, 2.45) is 0 Å². The third-order valence-electron chi connectivity index (χ3n) is 2.99. The topological polar surface area (TPSA) is 67.8 Å². The Hall–Kier alpha value is -2.69. The maximum Gasteiger partial charge on any atom is 0.262 e. The molecule has 0 heterocycles. The number of methoxy groups -OCH3 is 1. The van der Waals surface area contributed by atoms with Crippen LogP contribution in [0.1, 0.15) is 5.56 Å². The summed E-state index contributed by atoms with van der Waals surface area (Å²) in [6.45, 7) is 1.60. The van der Waals surface area contributed by atoms with Crippen LogP contribution in [0, 0.1) is 6.92 Å². The van der Waals surface area contributed by atoms with Crippen LogP contribution in [-0.2, 0) is 4.79 Å². The monoisotopic (exact) mass is 287 g/mol. The Morgan fingerprint density at radius 1 is 1.19 bits per heavy atom. The number of benzene rings is 2. The highest BCUT2D eigenvalue weighted by atomic mass is 16.5. The predicted molar refractivity (Wildman–Crippen MR) is 80.0 cm³/mol. The first-order valence-electron chi connectivity index (χ1n) is 6.45. The molecule has 0 aliphatic heterocycles. The molecule has 21 heavy (non-hydrogen) atoms. The van der Waals surface area contributed by atoms with E-state index in [0.717, 1.165) is 5.75 Å². The molecule has 0 aliphatic rings. The number of anilines is 1. The molecule has 0 spiro atoms. The van der Waals surface area contributed by atoms with E-state index in [9.17, 15) is 9.90 Å². The van der Waals surface area contributed by atoms with Crippen molar-refractivity contribution in [1.29, 1.82) is 0 Å². The molecule has 2 aromatic rings. The van der Waals surface area contributed by atoms with Gasteiger partial charge in [0.2, 0.25) is 0 Å². The smallest absolute Gasteiger partial charge is 0.262 e. The summed E-state index contributed by atoms with van der Waals surface area (Å²) in [5.41, 5.74) is 1.27. The molecule has 0 radical (unpaired) electrons. The van der Waals surface area contributed by atoms with Crippen LogP contribution < -0.4 is 14.8 Å². The largest absolute Gasteiger partial charge is 0.508 e. The van der Waals surface area contributed by atoms with Crippen molar-refractivity contribution in [3.63, 3.8) is 0 Å². The van der Waals surface area contributed by atoms with Gasteiger partial charge >= 0.3 is 0 Å². The minimum Gasteiger partial charge on any atom is -0.508 e. The molecular formula is C16H17NO4. The first-order valence-corrected chi connectivity index (χ1v) is 6.45. The first kappa shape index (κ1) is 14.7. The van der Waals surface area contributed by atoms with Crippen LogP contribution in [-0.4, -0.2) is 24.7 Å². The Bertz CT molecular complexity index is 623. The van der Waals surface area contributed by atoms with Gasteiger partial charge in [-0.05, 0) is 43.3 Å². The summed E-state index contributed by atoms with van der Waals surface area (Å²) in [5.74, 6) is 1.07. The molecule has 110 valence electrons. The number of aromatic hydroxyl groups is 1.